The van der Waals surface area contributed by atoms with Gasteiger partial charge in [0.25, 0.3) is 0 Å². The Labute approximate surface area is 159 Å². The van der Waals surface area contributed by atoms with Crippen LogP contribution >= 0.6 is 0 Å². The second kappa shape index (κ2) is 6.78. The number of alkyl halides is 3. The second-order valence-corrected chi connectivity index (χ2v) is 8.41. The molecule has 0 saturated carbocycles. The summed E-state index contributed by atoms with van der Waals surface area (Å²) < 4.78 is 68.9. The van der Waals surface area contributed by atoms with Gasteiger partial charge in [0.1, 0.15) is 17.0 Å². The number of aryl methyl sites for hydroxylation is 1. The Morgan fingerprint density at radius 2 is 1.93 bits per heavy atom. The van der Waals surface area contributed by atoms with Crippen molar-refractivity contribution in [2.45, 2.75) is 19.6 Å². The molecule has 0 saturated heterocycles. The van der Waals surface area contributed by atoms with Gasteiger partial charge in [0.05, 0.1) is 11.9 Å². The summed E-state index contributed by atoms with van der Waals surface area (Å²) in [5.41, 5.74) is 7.24. The molecular formula is C18H18F3N3O3S. The van der Waals surface area contributed by atoms with E-state index in [0.29, 0.717) is 39.1 Å². The van der Waals surface area contributed by atoms with Crippen molar-refractivity contribution in [2.75, 3.05) is 17.6 Å². The van der Waals surface area contributed by atoms with Gasteiger partial charge in [0, 0.05) is 42.4 Å². The average Bonchev–Trinajstić information content (AvgIpc) is 2.94. The van der Waals surface area contributed by atoms with Gasteiger partial charge in [0.15, 0.2) is 0 Å². The van der Waals surface area contributed by atoms with Crippen molar-refractivity contribution in [1.29, 1.82) is 0 Å². The van der Waals surface area contributed by atoms with Gasteiger partial charge in [-0.25, -0.2) is 8.42 Å². The second-order valence-electron chi connectivity index (χ2n) is 6.40. The molecule has 2 N–H and O–H groups in total. The minimum atomic E-state index is -4.53. The highest BCUT2D eigenvalue weighted by Crippen LogP contribution is 2.37. The Morgan fingerprint density at radius 1 is 1.25 bits per heavy atom. The maximum Gasteiger partial charge on any atom is 0.433 e. The molecule has 0 amide bonds. The first-order valence-electron chi connectivity index (χ1n) is 8.17. The number of pyridine rings is 1. The molecular weight excluding hydrogens is 395 g/mol. The summed E-state index contributed by atoms with van der Waals surface area (Å²) >= 11 is 0. The van der Waals surface area contributed by atoms with Crippen molar-refractivity contribution in [2.24, 2.45) is 5.73 Å². The highest BCUT2D eigenvalue weighted by atomic mass is 32.2. The molecule has 3 rings (SSSR count). The fourth-order valence-corrected chi connectivity index (χ4v) is 3.43. The summed E-state index contributed by atoms with van der Waals surface area (Å²) in [6, 6.07) is 5.46. The Kier molecular flexibility index (Phi) is 4.88. The number of hydrogen-bond donors (Lipinski definition) is 1. The van der Waals surface area contributed by atoms with E-state index in [0.717, 1.165) is 22.8 Å². The van der Waals surface area contributed by atoms with Gasteiger partial charge in [-0.2, -0.15) is 13.2 Å². The molecule has 6 nitrogen and oxygen atoms in total. The quantitative estimate of drug-likeness (QED) is 0.705. The van der Waals surface area contributed by atoms with Gasteiger partial charge in [-0.3, -0.25) is 9.29 Å². The van der Waals surface area contributed by atoms with Crippen molar-refractivity contribution in [1.82, 2.24) is 4.98 Å². The molecule has 10 heteroatoms. The Morgan fingerprint density at radius 3 is 2.43 bits per heavy atom. The van der Waals surface area contributed by atoms with Gasteiger partial charge in [-0.15, -0.1) is 0 Å². The van der Waals surface area contributed by atoms with Crippen molar-refractivity contribution in [3.8, 4) is 11.3 Å². The number of aromatic nitrogens is 1. The van der Waals surface area contributed by atoms with E-state index in [1.54, 1.807) is 19.1 Å². The molecule has 0 atom stereocenters. The molecule has 2 aromatic heterocycles. The molecule has 3 aromatic rings. The van der Waals surface area contributed by atoms with E-state index in [1.165, 1.54) is 13.1 Å². The molecule has 0 fully saturated rings. The third-order valence-electron chi connectivity index (χ3n) is 4.51. The lowest BCUT2D eigenvalue weighted by Crippen LogP contribution is -2.26. The predicted molar refractivity (Wildman–Crippen MR) is 100 cm³/mol. The molecule has 0 radical (unpaired) electrons. The number of furan rings is 1. The van der Waals surface area contributed by atoms with Crippen LogP contribution in [0, 0.1) is 6.92 Å². The first-order valence-corrected chi connectivity index (χ1v) is 10.0. The fourth-order valence-electron chi connectivity index (χ4n) is 2.91. The first-order chi connectivity index (χ1) is 12.9. The standard InChI is InChI=1S/C18H18F3N3O3S/c1-10-13-6-12(8-22)14(24(2)28(3,25)26)7-15(13)27-17(10)11-4-5-16(23-9-11)18(19,20)21/h4-7,9H,8,22H2,1-3H3. The van der Waals surface area contributed by atoms with Crippen LogP contribution in [0.5, 0.6) is 0 Å². The van der Waals surface area contributed by atoms with Crippen LogP contribution in [0.2, 0.25) is 0 Å². The van der Waals surface area contributed by atoms with E-state index in [9.17, 15) is 21.6 Å². The lowest BCUT2D eigenvalue weighted by molar-refractivity contribution is -0.141. The number of benzene rings is 1. The van der Waals surface area contributed by atoms with E-state index in [-0.39, 0.29) is 6.54 Å². The molecule has 0 aliphatic rings. The number of fused-ring (bicyclic) bond motifs is 1. The third kappa shape index (κ3) is 3.57. The van der Waals surface area contributed by atoms with Gasteiger partial charge in [-0.05, 0) is 30.7 Å². The maximum atomic E-state index is 12.7. The number of sulfonamides is 1. The van der Waals surface area contributed by atoms with Crippen molar-refractivity contribution >= 4 is 26.7 Å². The lowest BCUT2D eigenvalue weighted by Gasteiger charge is -2.19. The molecule has 2 heterocycles. The Balaban J connectivity index is 2.15. The third-order valence-corrected chi connectivity index (χ3v) is 5.70. The highest BCUT2D eigenvalue weighted by Gasteiger charge is 2.32. The van der Waals surface area contributed by atoms with E-state index < -0.39 is 21.9 Å². The highest BCUT2D eigenvalue weighted by molar-refractivity contribution is 7.92. The van der Waals surface area contributed by atoms with Crippen LogP contribution < -0.4 is 10.0 Å². The number of halogens is 3. The summed E-state index contributed by atoms with van der Waals surface area (Å²) in [7, 11) is -2.10. The zero-order chi connectivity index (χ0) is 20.9. The number of hydrogen-bond acceptors (Lipinski definition) is 5. The number of nitrogens with two attached hydrogens (primary N) is 1. The van der Waals surface area contributed by atoms with Crippen molar-refractivity contribution in [3.63, 3.8) is 0 Å². The number of rotatable bonds is 4. The summed E-state index contributed by atoms with van der Waals surface area (Å²) in [5.74, 6) is 0.360. The largest absolute Gasteiger partial charge is 0.456 e. The Bertz CT molecular complexity index is 1140. The van der Waals surface area contributed by atoms with Crippen LogP contribution in [0.1, 0.15) is 16.8 Å². The monoisotopic (exact) mass is 413 g/mol. The molecule has 0 bridgehead atoms. The van der Waals surface area contributed by atoms with Crippen LogP contribution in [0.3, 0.4) is 0 Å². The molecule has 0 aliphatic carbocycles. The minimum Gasteiger partial charge on any atom is -0.456 e. The normalized spacial score (nSPS) is 12.5. The van der Waals surface area contributed by atoms with Crippen LogP contribution in [-0.4, -0.2) is 26.7 Å². The predicted octanol–water partition coefficient (Wildman–Crippen LogP) is 3.68. The van der Waals surface area contributed by atoms with Crippen LogP contribution in [-0.2, 0) is 22.7 Å². The van der Waals surface area contributed by atoms with E-state index in [1.807, 2.05) is 0 Å². The molecule has 0 spiro atoms. The number of anilines is 1. The summed E-state index contributed by atoms with van der Waals surface area (Å²) in [6.45, 7) is 1.87. The Hall–Kier alpha value is -2.59. The van der Waals surface area contributed by atoms with Gasteiger partial charge in [-0.1, -0.05) is 0 Å². The summed E-state index contributed by atoms with van der Waals surface area (Å²) in [5, 5.41) is 0.695. The van der Waals surface area contributed by atoms with E-state index in [2.05, 4.69) is 4.98 Å². The average molecular weight is 413 g/mol. The lowest BCUT2D eigenvalue weighted by atomic mass is 10.0. The topological polar surface area (TPSA) is 89.4 Å². The molecule has 1 aromatic carbocycles. The molecule has 0 aliphatic heterocycles. The SMILES string of the molecule is Cc1c(-c2ccc(C(F)(F)F)nc2)oc2cc(N(C)S(C)(=O)=O)c(CN)cc12. The first kappa shape index (κ1) is 20.2. The van der Waals surface area contributed by atoms with Crippen LogP contribution in [0.25, 0.3) is 22.3 Å². The van der Waals surface area contributed by atoms with E-state index in [4.69, 9.17) is 10.2 Å². The molecule has 28 heavy (non-hydrogen) atoms. The zero-order valence-corrected chi connectivity index (χ0v) is 16.1. The van der Waals surface area contributed by atoms with Crippen LogP contribution in [0.15, 0.2) is 34.9 Å². The minimum absolute atomic E-state index is 0.104. The molecule has 0 unspecified atom stereocenters. The molecule has 150 valence electrons. The van der Waals surface area contributed by atoms with Gasteiger partial charge in [0.2, 0.25) is 10.0 Å². The summed E-state index contributed by atoms with van der Waals surface area (Å²) in [4.78, 5) is 3.46. The number of nitrogens with zero attached hydrogens (tertiary/aromatic N) is 2. The van der Waals surface area contributed by atoms with Crippen molar-refractivity contribution < 1.29 is 26.0 Å². The summed E-state index contributed by atoms with van der Waals surface area (Å²) in [6.07, 6.45) is -2.35. The van der Waals surface area contributed by atoms with Gasteiger partial charge < -0.3 is 10.2 Å². The van der Waals surface area contributed by atoms with Crippen LogP contribution in [0.4, 0.5) is 18.9 Å². The van der Waals surface area contributed by atoms with E-state index >= 15 is 0 Å². The van der Waals surface area contributed by atoms with Crippen molar-refractivity contribution in [3.05, 3.63) is 47.3 Å². The van der Waals surface area contributed by atoms with Gasteiger partial charge >= 0.3 is 6.18 Å². The maximum absolute atomic E-state index is 12.7. The fraction of sp³-hybridized carbons (Fsp3) is 0.278. The smallest absolute Gasteiger partial charge is 0.433 e. The zero-order valence-electron chi connectivity index (χ0n) is 15.3.